The highest BCUT2D eigenvalue weighted by atomic mass is 16.6. The van der Waals surface area contributed by atoms with Gasteiger partial charge in [-0.1, -0.05) is 13.8 Å². The molecule has 5 rings (SSSR count). The van der Waals surface area contributed by atoms with Gasteiger partial charge in [0, 0.05) is 17.8 Å². The summed E-state index contributed by atoms with van der Waals surface area (Å²) >= 11 is 0. The fraction of sp³-hybridized carbons (Fsp3) is 0.957. The van der Waals surface area contributed by atoms with Crippen LogP contribution in [-0.4, -0.2) is 47.7 Å². The average Bonchev–Trinajstić information content (AvgIpc) is 3.45. The van der Waals surface area contributed by atoms with Crippen LogP contribution in [0.25, 0.3) is 0 Å². The van der Waals surface area contributed by atoms with Crippen molar-refractivity contribution >= 4 is 5.97 Å². The Morgan fingerprint density at radius 3 is 2.57 bits per heavy atom. The van der Waals surface area contributed by atoms with Gasteiger partial charge >= 0.3 is 5.97 Å². The third-order valence-electron chi connectivity index (χ3n) is 10.1. The maximum atomic E-state index is 11.7. The maximum absolute atomic E-state index is 11.7. The standard InChI is InChI=1S/C23H36O5/c1-13(25)28-20-6-7-21(2)17-5-4-14-9-23(17,10-15(14)16-11-27-16)19(26)8-18(21)22(20,3)12-24/h14-20,24,26H,4-12H2,1-3H3/t14-,15+,16+,17+,18?,19+,20-,21+,22-,23-/m1/s1. The maximum Gasteiger partial charge on any atom is 0.302 e. The van der Waals surface area contributed by atoms with Gasteiger partial charge in [0.2, 0.25) is 0 Å². The highest BCUT2D eigenvalue weighted by molar-refractivity contribution is 5.66. The molecule has 1 heterocycles. The zero-order chi connectivity index (χ0) is 19.9. The predicted molar refractivity (Wildman–Crippen MR) is 103 cm³/mol. The van der Waals surface area contributed by atoms with Gasteiger partial charge in [0.1, 0.15) is 6.10 Å². The van der Waals surface area contributed by atoms with E-state index in [1.165, 1.54) is 19.8 Å². The molecule has 5 nitrogen and oxygen atoms in total. The molecule has 10 atom stereocenters. The van der Waals surface area contributed by atoms with Crippen LogP contribution in [0.5, 0.6) is 0 Å². The Balaban J connectivity index is 1.50. The molecule has 4 aliphatic carbocycles. The van der Waals surface area contributed by atoms with Gasteiger partial charge in [-0.3, -0.25) is 4.79 Å². The first kappa shape index (κ1) is 19.3. The average molecular weight is 393 g/mol. The van der Waals surface area contributed by atoms with Gasteiger partial charge in [-0.05, 0) is 74.0 Å². The van der Waals surface area contributed by atoms with Crippen molar-refractivity contribution in [2.75, 3.05) is 13.2 Å². The highest BCUT2D eigenvalue weighted by Crippen LogP contribution is 2.73. The SMILES string of the molecule is CC(=O)O[C@@H]1CC[C@]2(C)C(C[C@H](O)[C@@]34C[C@@H](CC[C@H]32)[C@@H]([C@@H]2CO2)C4)[C@@]1(C)CO. The lowest BCUT2D eigenvalue weighted by Crippen LogP contribution is -2.65. The summed E-state index contributed by atoms with van der Waals surface area (Å²) in [5.41, 5.74) is -0.386. The molecule has 1 unspecified atom stereocenters. The number of aliphatic hydroxyl groups is 2. The van der Waals surface area contributed by atoms with Crippen molar-refractivity contribution in [3.05, 3.63) is 0 Å². The van der Waals surface area contributed by atoms with E-state index in [1.807, 2.05) is 0 Å². The molecule has 28 heavy (non-hydrogen) atoms. The van der Waals surface area contributed by atoms with Gasteiger partial charge in [0.25, 0.3) is 0 Å². The van der Waals surface area contributed by atoms with E-state index in [0.29, 0.717) is 30.3 Å². The topological polar surface area (TPSA) is 79.3 Å². The van der Waals surface area contributed by atoms with Crippen LogP contribution < -0.4 is 0 Å². The Kier molecular flexibility index (Phi) is 4.26. The van der Waals surface area contributed by atoms with Gasteiger partial charge in [0.15, 0.2) is 0 Å². The van der Waals surface area contributed by atoms with E-state index in [-0.39, 0.29) is 41.5 Å². The minimum absolute atomic E-state index is 0.00118. The molecule has 158 valence electrons. The lowest BCUT2D eigenvalue weighted by molar-refractivity contribution is -0.236. The molecule has 1 spiro atoms. The fourth-order valence-corrected chi connectivity index (χ4v) is 8.77. The smallest absolute Gasteiger partial charge is 0.302 e. The van der Waals surface area contributed by atoms with E-state index in [9.17, 15) is 15.0 Å². The Bertz CT molecular complexity index is 661. The summed E-state index contributed by atoms with van der Waals surface area (Å²) in [7, 11) is 0. The predicted octanol–water partition coefficient (Wildman–Crippen LogP) is 2.92. The number of carbonyl (C=O) groups excluding carboxylic acids is 1. The largest absolute Gasteiger partial charge is 0.462 e. The number of carbonyl (C=O) groups is 1. The molecule has 4 saturated carbocycles. The lowest BCUT2D eigenvalue weighted by Gasteiger charge is -2.66. The number of ether oxygens (including phenoxy) is 2. The zero-order valence-electron chi connectivity index (χ0n) is 17.5. The molecule has 5 heteroatoms. The third-order valence-corrected chi connectivity index (χ3v) is 10.1. The summed E-state index contributed by atoms with van der Waals surface area (Å²) in [5, 5.41) is 22.0. The molecule has 5 fully saturated rings. The van der Waals surface area contributed by atoms with E-state index >= 15 is 0 Å². The Morgan fingerprint density at radius 1 is 1.18 bits per heavy atom. The molecule has 2 N–H and O–H groups in total. The molecule has 0 aromatic carbocycles. The summed E-state index contributed by atoms with van der Waals surface area (Å²) in [4.78, 5) is 11.7. The fourth-order valence-electron chi connectivity index (χ4n) is 8.77. The molecular weight excluding hydrogens is 356 g/mol. The summed E-state index contributed by atoms with van der Waals surface area (Å²) in [5.74, 6) is 1.71. The van der Waals surface area contributed by atoms with Crippen molar-refractivity contribution in [3.63, 3.8) is 0 Å². The van der Waals surface area contributed by atoms with Gasteiger partial charge in [0.05, 0.1) is 25.4 Å². The summed E-state index contributed by atoms with van der Waals surface area (Å²) < 4.78 is 11.4. The molecule has 1 saturated heterocycles. The van der Waals surface area contributed by atoms with Crippen LogP contribution in [-0.2, 0) is 14.3 Å². The van der Waals surface area contributed by atoms with Crippen molar-refractivity contribution in [1.82, 2.24) is 0 Å². The Hall–Kier alpha value is -0.650. The van der Waals surface area contributed by atoms with Crippen LogP contribution in [0, 0.1) is 39.9 Å². The van der Waals surface area contributed by atoms with Crippen LogP contribution in [0.1, 0.15) is 65.7 Å². The molecule has 0 aromatic rings. The van der Waals surface area contributed by atoms with E-state index in [1.54, 1.807) is 0 Å². The first-order chi connectivity index (χ1) is 13.2. The summed E-state index contributed by atoms with van der Waals surface area (Å²) in [6.45, 7) is 6.85. The molecule has 0 aromatic heterocycles. The normalized spacial score (nSPS) is 57.2. The van der Waals surface area contributed by atoms with E-state index in [4.69, 9.17) is 9.47 Å². The monoisotopic (exact) mass is 392 g/mol. The Morgan fingerprint density at radius 2 is 1.93 bits per heavy atom. The summed E-state index contributed by atoms with van der Waals surface area (Å²) in [6.07, 6.45) is 7.06. The second-order valence-corrected chi connectivity index (χ2v) is 11.2. The minimum Gasteiger partial charge on any atom is -0.462 e. The molecule has 1 aliphatic heterocycles. The van der Waals surface area contributed by atoms with Crippen molar-refractivity contribution in [3.8, 4) is 0 Å². The zero-order valence-corrected chi connectivity index (χ0v) is 17.5. The van der Waals surface area contributed by atoms with Gasteiger partial charge < -0.3 is 19.7 Å². The number of aliphatic hydroxyl groups excluding tert-OH is 2. The number of fused-ring (bicyclic) bond motifs is 3. The van der Waals surface area contributed by atoms with Crippen molar-refractivity contribution in [1.29, 1.82) is 0 Å². The molecular formula is C23H36O5. The highest BCUT2D eigenvalue weighted by Gasteiger charge is 2.70. The van der Waals surface area contributed by atoms with E-state index in [0.717, 1.165) is 32.3 Å². The first-order valence-corrected chi connectivity index (χ1v) is 11.3. The number of epoxide rings is 1. The van der Waals surface area contributed by atoms with Gasteiger partial charge in [-0.15, -0.1) is 0 Å². The number of hydrogen-bond acceptors (Lipinski definition) is 5. The lowest BCUT2D eigenvalue weighted by atomic mass is 9.40. The van der Waals surface area contributed by atoms with Crippen molar-refractivity contribution in [2.45, 2.75) is 84.0 Å². The molecule has 0 amide bonds. The molecule has 2 bridgehead atoms. The van der Waals surface area contributed by atoms with Crippen molar-refractivity contribution in [2.24, 2.45) is 39.9 Å². The quantitative estimate of drug-likeness (QED) is 0.570. The third kappa shape index (κ3) is 2.45. The van der Waals surface area contributed by atoms with Crippen molar-refractivity contribution < 1.29 is 24.5 Å². The minimum atomic E-state index is -0.490. The van der Waals surface area contributed by atoms with E-state index in [2.05, 4.69) is 13.8 Å². The van der Waals surface area contributed by atoms with Crippen LogP contribution in [0.15, 0.2) is 0 Å². The summed E-state index contributed by atoms with van der Waals surface area (Å²) in [6, 6.07) is 0. The number of esters is 1. The molecule has 0 radical (unpaired) electrons. The second-order valence-electron chi connectivity index (χ2n) is 11.2. The number of hydrogen-bond donors (Lipinski definition) is 2. The second kappa shape index (κ2) is 6.18. The van der Waals surface area contributed by atoms with Gasteiger partial charge in [-0.2, -0.15) is 0 Å². The first-order valence-electron chi connectivity index (χ1n) is 11.3. The van der Waals surface area contributed by atoms with Crippen LogP contribution in [0.3, 0.4) is 0 Å². The molecule has 5 aliphatic rings. The number of rotatable bonds is 3. The van der Waals surface area contributed by atoms with Gasteiger partial charge in [-0.25, -0.2) is 0 Å². The van der Waals surface area contributed by atoms with Crippen LogP contribution >= 0.6 is 0 Å². The van der Waals surface area contributed by atoms with Crippen LogP contribution in [0.2, 0.25) is 0 Å². The Labute approximate surface area is 168 Å². The van der Waals surface area contributed by atoms with Crippen LogP contribution in [0.4, 0.5) is 0 Å². The van der Waals surface area contributed by atoms with E-state index < -0.39 is 5.41 Å².